The molecule has 0 fully saturated rings. The lowest BCUT2D eigenvalue weighted by Crippen LogP contribution is -2.06. The molecule has 0 aliphatic rings. The molecule has 0 unspecified atom stereocenters. The third-order valence-corrected chi connectivity index (χ3v) is 3.90. The summed E-state index contributed by atoms with van der Waals surface area (Å²) in [5, 5.41) is 3.20. The maximum atomic E-state index is 12.1. The first kappa shape index (κ1) is 14.8. The number of methoxy groups -OCH3 is 1. The SMILES string of the molecule is COc1cc(Cl)ccc1NC(=O)Sc1ccccc1C. The van der Waals surface area contributed by atoms with Gasteiger partial charge in [-0.1, -0.05) is 29.8 Å². The summed E-state index contributed by atoms with van der Waals surface area (Å²) in [4.78, 5) is 13.0. The largest absolute Gasteiger partial charge is 0.495 e. The van der Waals surface area contributed by atoms with Crippen molar-refractivity contribution in [1.82, 2.24) is 0 Å². The summed E-state index contributed by atoms with van der Waals surface area (Å²) in [5.41, 5.74) is 1.67. The van der Waals surface area contributed by atoms with Crippen LogP contribution in [0.5, 0.6) is 5.75 Å². The van der Waals surface area contributed by atoms with Gasteiger partial charge < -0.3 is 10.1 Å². The summed E-state index contributed by atoms with van der Waals surface area (Å²) >= 11 is 7.03. The van der Waals surface area contributed by atoms with Gasteiger partial charge in [0.2, 0.25) is 0 Å². The van der Waals surface area contributed by atoms with E-state index in [1.165, 1.54) is 7.11 Å². The molecule has 104 valence electrons. The number of amides is 1. The molecule has 0 spiro atoms. The second-order valence-corrected chi connectivity index (χ2v) is 5.58. The Morgan fingerprint density at radius 2 is 2.00 bits per heavy atom. The lowest BCUT2D eigenvalue weighted by molar-refractivity contribution is 0.269. The van der Waals surface area contributed by atoms with Crippen LogP contribution in [0.3, 0.4) is 0 Å². The number of halogens is 1. The number of hydrogen-bond acceptors (Lipinski definition) is 3. The predicted octanol–water partition coefficient (Wildman–Crippen LogP) is 4.98. The molecular weight excluding hydrogens is 294 g/mol. The van der Waals surface area contributed by atoms with Gasteiger partial charge in [0.05, 0.1) is 12.8 Å². The molecule has 0 saturated carbocycles. The molecule has 3 nitrogen and oxygen atoms in total. The van der Waals surface area contributed by atoms with Crippen molar-refractivity contribution in [2.75, 3.05) is 12.4 Å². The summed E-state index contributed by atoms with van der Waals surface area (Å²) < 4.78 is 5.19. The zero-order valence-corrected chi connectivity index (χ0v) is 12.7. The summed E-state index contributed by atoms with van der Waals surface area (Å²) in [6, 6.07) is 12.8. The van der Waals surface area contributed by atoms with E-state index >= 15 is 0 Å². The Kier molecular flexibility index (Phi) is 4.93. The minimum absolute atomic E-state index is 0.167. The summed E-state index contributed by atoms with van der Waals surface area (Å²) in [6.07, 6.45) is 0. The summed E-state index contributed by atoms with van der Waals surface area (Å²) in [7, 11) is 1.54. The van der Waals surface area contributed by atoms with Crippen molar-refractivity contribution in [1.29, 1.82) is 0 Å². The van der Waals surface area contributed by atoms with Crippen molar-refractivity contribution in [3.63, 3.8) is 0 Å². The quantitative estimate of drug-likeness (QED) is 0.813. The number of carbonyl (C=O) groups is 1. The molecule has 2 aromatic carbocycles. The Morgan fingerprint density at radius 1 is 1.25 bits per heavy atom. The van der Waals surface area contributed by atoms with Crippen LogP contribution < -0.4 is 10.1 Å². The van der Waals surface area contributed by atoms with Gasteiger partial charge in [-0.3, -0.25) is 4.79 Å². The Balaban J connectivity index is 2.11. The maximum Gasteiger partial charge on any atom is 0.288 e. The molecular formula is C15H14ClNO2S. The van der Waals surface area contributed by atoms with Gasteiger partial charge in [-0.05, 0) is 42.4 Å². The number of aryl methyl sites for hydroxylation is 1. The molecule has 2 rings (SSSR count). The molecule has 20 heavy (non-hydrogen) atoms. The fraction of sp³-hybridized carbons (Fsp3) is 0.133. The second kappa shape index (κ2) is 6.68. The van der Waals surface area contributed by atoms with Gasteiger partial charge >= 0.3 is 0 Å². The van der Waals surface area contributed by atoms with Crippen LogP contribution in [0.15, 0.2) is 47.4 Å². The van der Waals surface area contributed by atoms with Crippen LogP contribution in [0, 0.1) is 6.92 Å². The van der Waals surface area contributed by atoms with E-state index in [9.17, 15) is 4.79 Å². The van der Waals surface area contributed by atoms with E-state index < -0.39 is 0 Å². The van der Waals surface area contributed by atoms with E-state index in [1.807, 2.05) is 31.2 Å². The number of rotatable bonds is 3. The third-order valence-electron chi connectivity index (χ3n) is 2.70. The standard InChI is InChI=1S/C15H14ClNO2S/c1-10-5-3-4-6-14(10)20-15(18)17-12-8-7-11(16)9-13(12)19-2/h3-9H,1-2H3,(H,17,18). The van der Waals surface area contributed by atoms with Crippen molar-refractivity contribution in [2.45, 2.75) is 11.8 Å². The summed E-state index contributed by atoms with van der Waals surface area (Å²) in [6.45, 7) is 1.97. The van der Waals surface area contributed by atoms with Crippen molar-refractivity contribution in [2.24, 2.45) is 0 Å². The predicted molar refractivity (Wildman–Crippen MR) is 84.1 cm³/mol. The van der Waals surface area contributed by atoms with Gasteiger partial charge in [0, 0.05) is 16.0 Å². The van der Waals surface area contributed by atoms with E-state index in [4.69, 9.17) is 16.3 Å². The van der Waals surface area contributed by atoms with E-state index in [0.717, 1.165) is 22.2 Å². The minimum Gasteiger partial charge on any atom is -0.495 e. The first-order valence-electron chi connectivity index (χ1n) is 5.98. The lowest BCUT2D eigenvalue weighted by atomic mass is 10.2. The molecule has 0 saturated heterocycles. The topological polar surface area (TPSA) is 38.3 Å². The Hall–Kier alpha value is -1.65. The highest BCUT2D eigenvalue weighted by Crippen LogP contribution is 2.30. The molecule has 0 atom stereocenters. The Labute approximate surface area is 127 Å². The molecule has 1 N–H and O–H groups in total. The molecule has 5 heteroatoms. The van der Waals surface area contributed by atoms with E-state index in [2.05, 4.69) is 5.32 Å². The lowest BCUT2D eigenvalue weighted by Gasteiger charge is -2.10. The number of benzene rings is 2. The van der Waals surface area contributed by atoms with Crippen LogP contribution in [0.2, 0.25) is 5.02 Å². The molecule has 0 aromatic heterocycles. The number of hydrogen-bond donors (Lipinski definition) is 1. The Bertz CT molecular complexity index is 631. The molecule has 0 bridgehead atoms. The second-order valence-electron chi connectivity index (χ2n) is 4.12. The molecule has 0 aliphatic carbocycles. The van der Waals surface area contributed by atoms with Crippen LogP contribution in [0.4, 0.5) is 10.5 Å². The van der Waals surface area contributed by atoms with Crippen LogP contribution in [0.25, 0.3) is 0 Å². The normalized spacial score (nSPS) is 10.2. The first-order valence-corrected chi connectivity index (χ1v) is 7.17. The van der Waals surface area contributed by atoms with E-state index in [1.54, 1.807) is 18.2 Å². The van der Waals surface area contributed by atoms with Gasteiger partial charge in [0.1, 0.15) is 5.75 Å². The number of thioether (sulfide) groups is 1. The summed E-state index contributed by atoms with van der Waals surface area (Å²) in [5.74, 6) is 0.538. The number of ether oxygens (including phenoxy) is 1. The molecule has 0 aliphatic heterocycles. The monoisotopic (exact) mass is 307 g/mol. The first-order chi connectivity index (χ1) is 9.60. The molecule has 2 aromatic rings. The number of anilines is 1. The van der Waals surface area contributed by atoms with Crippen LogP contribution in [-0.2, 0) is 0 Å². The average Bonchev–Trinajstić information content (AvgIpc) is 2.43. The van der Waals surface area contributed by atoms with Gasteiger partial charge in [0.15, 0.2) is 0 Å². The van der Waals surface area contributed by atoms with Crippen LogP contribution >= 0.6 is 23.4 Å². The number of carbonyl (C=O) groups excluding carboxylic acids is 1. The van der Waals surface area contributed by atoms with Gasteiger partial charge in [-0.15, -0.1) is 0 Å². The molecule has 0 radical (unpaired) electrons. The van der Waals surface area contributed by atoms with E-state index in [-0.39, 0.29) is 5.24 Å². The van der Waals surface area contributed by atoms with Crippen molar-refractivity contribution >= 4 is 34.3 Å². The Morgan fingerprint density at radius 3 is 2.70 bits per heavy atom. The third kappa shape index (κ3) is 3.68. The maximum absolute atomic E-state index is 12.1. The van der Waals surface area contributed by atoms with Crippen molar-refractivity contribution in [3.05, 3.63) is 53.1 Å². The van der Waals surface area contributed by atoms with Gasteiger partial charge in [-0.2, -0.15) is 0 Å². The van der Waals surface area contributed by atoms with Crippen LogP contribution in [0.1, 0.15) is 5.56 Å². The fourth-order valence-corrected chi connectivity index (χ4v) is 2.57. The molecule has 0 heterocycles. The minimum atomic E-state index is -0.167. The highest BCUT2D eigenvalue weighted by Gasteiger charge is 2.10. The average molecular weight is 308 g/mol. The molecule has 1 amide bonds. The van der Waals surface area contributed by atoms with Crippen molar-refractivity contribution in [3.8, 4) is 5.75 Å². The zero-order valence-electron chi connectivity index (χ0n) is 11.1. The van der Waals surface area contributed by atoms with Gasteiger partial charge in [-0.25, -0.2) is 0 Å². The van der Waals surface area contributed by atoms with Gasteiger partial charge in [0.25, 0.3) is 5.24 Å². The zero-order chi connectivity index (χ0) is 14.5. The van der Waals surface area contributed by atoms with Crippen LogP contribution in [-0.4, -0.2) is 12.3 Å². The number of nitrogens with one attached hydrogen (secondary N) is 1. The smallest absolute Gasteiger partial charge is 0.288 e. The highest BCUT2D eigenvalue weighted by molar-refractivity contribution is 8.14. The van der Waals surface area contributed by atoms with E-state index in [0.29, 0.717) is 16.5 Å². The fourth-order valence-electron chi connectivity index (χ4n) is 1.67. The highest BCUT2D eigenvalue weighted by atomic mass is 35.5. The van der Waals surface area contributed by atoms with Crippen molar-refractivity contribution < 1.29 is 9.53 Å².